The number of fused-ring (bicyclic) bond motifs is 1. The van der Waals surface area contributed by atoms with Crippen molar-refractivity contribution in [1.29, 1.82) is 5.41 Å². The third-order valence-electron chi connectivity index (χ3n) is 4.43. The Hall–Kier alpha value is -1.03. The second-order valence-electron chi connectivity index (χ2n) is 6.38. The van der Waals surface area contributed by atoms with Crippen LogP contribution in [0.2, 0.25) is 0 Å². The molecule has 0 saturated carbocycles. The molecule has 0 saturated heterocycles. The molecule has 5 nitrogen and oxygen atoms in total. The smallest absolute Gasteiger partial charge is 0.133 e. The van der Waals surface area contributed by atoms with Crippen LogP contribution in [0.25, 0.3) is 0 Å². The summed E-state index contributed by atoms with van der Waals surface area (Å²) in [5, 5.41) is 7.67. The zero-order valence-electron chi connectivity index (χ0n) is 15.5. The SMILES string of the molecule is CCCCN1CN(C)c2c(Br)cc(S(=O)c3cc(C(=N)N)sc3SC)cc21. The van der Waals surface area contributed by atoms with Gasteiger partial charge < -0.3 is 15.5 Å². The van der Waals surface area contributed by atoms with Crippen molar-refractivity contribution in [2.45, 2.75) is 33.8 Å². The second kappa shape index (κ2) is 8.55. The molecule has 0 radical (unpaired) electrons. The molecule has 146 valence electrons. The van der Waals surface area contributed by atoms with Crippen LogP contribution in [0.15, 0.2) is 36.7 Å². The number of thioether (sulfide) groups is 1. The molecule has 9 heteroatoms. The van der Waals surface area contributed by atoms with Gasteiger partial charge in [-0.05, 0) is 46.8 Å². The Kier molecular flexibility index (Phi) is 6.55. The van der Waals surface area contributed by atoms with Crippen LogP contribution in [-0.2, 0) is 10.8 Å². The highest BCUT2D eigenvalue weighted by Gasteiger charge is 2.28. The number of nitrogens with one attached hydrogen (secondary N) is 1. The quantitative estimate of drug-likeness (QED) is 0.337. The number of nitrogen functional groups attached to an aromatic ring is 1. The van der Waals surface area contributed by atoms with E-state index in [0.717, 1.165) is 55.9 Å². The number of hydrogen-bond donors (Lipinski definition) is 2. The summed E-state index contributed by atoms with van der Waals surface area (Å²) < 4.78 is 15.3. The van der Waals surface area contributed by atoms with E-state index < -0.39 is 10.8 Å². The van der Waals surface area contributed by atoms with Crippen molar-refractivity contribution in [1.82, 2.24) is 0 Å². The number of benzene rings is 1. The van der Waals surface area contributed by atoms with E-state index in [1.165, 1.54) is 11.3 Å². The maximum absolute atomic E-state index is 13.4. The van der Waals surface area contributed by atoms with Crippen LogP contribution in [0.3, 0.4) is 0 Å². The zero-order chi connectivity index (χ0) is 19.7. The minimum Gasteiger partial charge on any atom is -0.383 e. The molecule has 0 spiro atoms. The van der Waals surface area contributed by atoms with Gasteiger partial charge in [-0.3, -0.25) is 5.41 Å². The number of hydrogen-bond acceptors (Lipinski definition) is 6. The van der Waals surface area contributed by atoms with Crippen LogP contribution in [0, 0.1) is 5.41 Å². The van der Waals surface area contributed by atoms with Gasteiger partial charge in [-0.15, -0.1) is 23.1 Å². The number of nitrogens with zero attached hydrogens (tertiary/aromatic N) is 2. The molecule has 2 aromatic rings. The predicted molar refractivity (Wildman–Crippen MR) is 121 cm³/mol. The van der Waals surface area contributed by atoms with Gasteiger partial charge in [-0.2, -0.15) is 0 Å². The summed E-state index contributed by atoms with van der Waals surface area (Å²) in [5.74, 6) is 0.0149. The Labute approximate surface area is 179 Å². The Morgan fingerprint density at radius 1 is 1.44 bits per heavy atom. The average Bonchev–Trinajstić information content (AvgIpc) is 3.21. The summed E-state index contributed by atoms with van der Waals surface area (Å²) in [7, 11) is 0.753. The lowest BCUT2D eigenvalue weighted by Gasteiger charge is -2.19. The highest BCUT2D eigenvalue weighted by molar-refractivity contribution is 9.10. The van der Waals surface area contributed by atoms with Crippen LogP contribution in [-0.4, -0.2) is 36.6 Å². The monoisotopic (exact) mass is 486 g/mol. The van der Waals surface area contributed by atoms with Crippen LogP contribution >= 0.6 is 39.0 Å². The van der Waals surface area contributed by atoms with Gasteiger partial charge in [-0.1, -0.05) is 13.3 Å². The first-order chi connectivity index (χ1) is 12.9. The van der Waals surface area contributed by atoms with E-state index in [4.69, 9.17) is 11.1 Å². The number of rotatable bonds is 7. The normalized spacial score (nSPS) is 14.5. The van der Waals surface area contributed by atoms with Gasteiger partial charge in [0.05, 0.1) is 42.8 Å². The van der Waals surface area contributed by atoms with Gasteiger partial charge in [0.1, 0.15) is 5.84 Å². The molecule has 1 unspecified atom stereocenters. The van der Waals surface area contributed by atoms with E-state index in [1.807, 2.05) is 18.4 Å². The summed E-state index contributed by atoms with van der Waals surface area (Å²) >= 11 is 6.64. The minimum atomic E-state index is -1.33. The van der Waals surface area contributed by atoms with Crippen molar-refractivity contribution in [3.8, 4) is 0 Å². The summed E-state index contributed by atoms with van der Waals surface area (Å²) in [5.41, 5.74) is 7.90. The zero-order valence-corrected chi connectivity index (χ0v) is 19.6. The highest BCUT2D eigenvalue weighted by Crippen LogP contribution is 2.44. The van der Waals surface area contributed by atoms with E-state index in [2.05, 4.69) is 39.7 Å². The largest absolute Gasteiger partial charge is 0.383 e. The van der Waals surface area contributed by atoms with Gasteiger partial charge in [0.15, 0.2) is 0 Å². The maximum Gasteiger partial charge on any atom is 0.133 e. The van der Waals surface area contributed by atoms with Crippen LogP contribution < -0.4 is 15.5 Å². The number of anilines is 2. The van der Waals surface area contributed by atoms with Gasteiger partial charge in [0, 0.05) is 23.0 Å². The fourth-order valence-electron chi connectivity index (χ4n) is 3.12. The molecule has 1 atom stereocenters. The first-order valence-corrected chi connectivity index (χ1v) is 12.6. The van der Waals surface area contributed by atoms with E-state index in [-0.39, 0.29) is 5.84 Å². The third kappa shape index (κ3) is 4.06. The van der Waals surface area contributed by atoms with Crippen molar-refractivity contribution >= 4 is 67.0 Å². The predicted octanol–water partition coefficient (Wildman–Crippen LogP) is 4.70. The van der Waals surface area contributed by atoms with Gasteiger partial charge in [-0.25, -0.2) is 4.21 Å². The topological polar surface area (TPSA) is 73.4 Å². The Balaban J connectivity index is 2.02. The molecule has 1 aliphatic rings. The number of halogens is 1. The summed E-state index contributed by atoms with van der Waals surface area (Å²) in [6.45, 7) is 4.02. The van der Waals surface area contributed by atoms with Crippen molar-refractivity contribution in [3.05, 3.63) is 27.5 Å². The maximum atomic E-state index is 13.4. The summed E-state index contributed by atoms with van der Waals surface area (Å²) in [4.78, 5) is 6.71. The number of nitrogens with two attached hydrogens (primary N) is 1. The van der Waals surface area contributed by atoms with E-state index >= 15 is 0 Å². The molecule has 0 bridgehead atoms. The average molecular weight is 488 g/mol. The number of thiophene rings is 1. The van der Waals surface area contributed by atoms with Crippen molar-refractivity contribution < 1.29 is 4.21 Å². The molecule has 1 aromatic carbocycles. The Bertz CT molecular complexity index is 899. The molecule has 1 aromatic heterocycles. The molecule has 2 heterocycles. The van der Waals surface area contributed by atoms with E-state index in [9.17, 15) is 4.21 Å². The molecule has 3 N–H and O–H groups in total. The lowest BCUT2D eigenvalue weighted by molar-refractivity contribution is 0.682. The minimum absolute atomic E-state index is 0.0149. The molecule has 27 heavy (non-hydrogen) atoms. The van der Waals surface area contributed by atoms with Crippen molar-refractivity contribution in [2.24, 2.45) is 5.73 Å². The van der Waals surface area contributed by atoms with Crippen molar-refractivity contribution in [2.75, 3.05) is 36.3 Å². The molecule has 0 amide bonds. The molecule has 0 fully saturated rings. The van der Waals surface area contributed by atoms with E-state index in [0.29, 0.717) is 4.88 Å². The Morgan fingerprint density at radius 2 is 2.19 bits per heavy atom. The third-order valence-corrected chi connectivity index (χ3v) is 8.99. The van der Waals surface area contributed by atoms with Crippen LogP contribution in [0.4, 0.5) is 11.4 Å². The van der Waals surface area contributed by atoms with E-state index in [1.54, 1.807) is 17.8 Å². The molecular weight excluding hydrogens is 464 g/mol. The highest BCUT2D eigenvalue weighted by atomic mass is 79.9. The first kappa shape index (κ1) is 20.7. The Morgan fingerprint density at radius 3 is 2.81 bits per heavy atom. The van der Waals surface area contributed by atoms with Gasteiger partial charge in [0.25, 0.3) is 0 Å². The lowest BCUT2D eigenvalue weighted by Crippen LogP contribution is -2.28. The number of amidine groups is 1. The van der Waals surface area contributed by atoms with Crippen LogP contribution in [0.5, 0.6) is 0 Å². The molecule has 1 aliphatic heterocycles. The second-order valence-corrected chi connectivity index (χ2v) is 10.8. The van der Waals surface area contributed by atoms with Crippen LogP contribution in [0.1, 0.15) is 24.6 Å². The van der Waals surface area contributed by atoms with Gasteiger partial charge in [0.2, 0.25) is 0 Å². The number of unbranched alkanes of at least 4 members (excludes halogenated alkanes) is 1. The standard InChI is InChI=1S/C18H23BrN4OS3/c1-4-5-6-23-10-22(2)16-12(19)7-11(8-13(16)23)27(24)15-9-14(17(20)21)26-18(15)25-3/h7-9H,4-6,10H2,1-3H3,(H3,20,21). The lowest BCUT2D eigenvalue weighted by atomic mass is 10.2. The summed E-state index contributed by atoms with van der Waals surface area (Å²) in [6.07, 6.45) is 4.22. The molecule has 0 aliphatic carbocycles. The molecule has 3 rings (SSSR count). The first-order valence-electron chi connectivity index (χ1n) is 8.61. The summed E-state index contributed by atoms with van der Waals surface area (Å²) in [6, 6.07) is 5.78. The van der Waals surface area contributed by atoms with Crippen molar-refractivity contribution in [3.63, 3.8) is 0 Å². The fraction of sp³-hybridized carbons (Fsp3) is 0.389. The molecular formula is C18H23BrN4OS3. The fourth-order valence-corrected chi connectivity index (χ4v) is 7.51. The van der Waals surface area contributed by atoms with Gasteiger partial charge >= 0.3 is 0 Å².